The zero-order chi connectivity index (χ0) is 32.0. The van der Waals surface area contributed by atoms with Crippen LogP contribution in [0, 0.1) is 23.1 Å². The van der Waals surface area contributed by atoms with Crippen LogP contribution in [0.25, 0.3) is 10.9 Å². The third-order valence-corrected chi connectivity index (χ3v) is 7.02. The van der Waals surface area contributed by atoms with Crippen LogP contribution in [0.4, 0.5) is 19.7 Å². The minimum atomic E-state index is -0.831. The van der Waals surface area contributed by atoms with Crippen molar-refractivity contribution in [3.8, 4) is 29.1 Å². The fraction of sp³-hybridized carbons (Fsp3) is 0.294. The van der Waals surface area contributed by atoms with Crippen LogP contribution >= 0.6 is 0 Å². The fourth-order valence-corrected chi connectivity index (χ4v) is 4.78. The molecule has 0 atom stereocenters. The van der Waals surface area contributed by atoms with E-state index >= 15 is 0 Å². The fourth-order valence-electron chi connectivity index (χ4n) is 4.78. The van der Waals surface area contributed by atoms with Gasteiger partial charge in [-0.05, 0) is 75.9 Å². The summed E-state index contributed by atoms with van der Waals surface area (Å²) in [6.07, 6.45) is 1.91. The van der Waals surface area contributed by atoms with Gasteiger partial charge in [-0.1, -0.05) is 18.2 Å². The van der Waals surface area contributed by atoms with Gasteiger partial charge < -0.3 is 23.8 Å². The van der Waals surface area contributed by atoms with Crippen LogP contribution in [-0.2, 0) is 4.74 Å². The summed E-state index contributed by atoms with van der Waals surface area (Å²) < 4.78 is 37.5. The maximum Gasteiger partial charge on any atom is 0.417 e. The second-order valence-corrected chi connectivity index (χ2v) is 11.6. The molecule has 232 valence electrons. The standard InChI is InChI=1S/C34H33FN4O6/c1-34(2,3)45-33(41)39-15-12-22(13-16-39)21-42-31-19-29-26(17-23(31)20-36)30(11-14-37-29)43-25-9-10-28(27(35)18-25)38-32(40)44-24-7-5-4-6-8-24/h4-11,14,17-19,22H,12-13,15-16,21H2,1-3H3,(H,38,40). The minimum Gasteiger partial charge on any atom is -0.492 e. The molecule has 1 fully saturated rings. The maximum absolute atomic E-state index is 14.9. The molecular weight excluding hydrogens is 579 g/mol. The predicted molar refractivity (Wildman–Crippen MR) is 165 cm³/mol. The van der Waals surface area contributed by atoms with Crippen molar-refractivity contribution in [1.82, 2.24) is 9.88 Å². The number of nitrogens with one attached hydrogen (secondary N) is 1. The molecule has 5 rings (SSSR count). The number of benzene rings is 3. The minimum absolute atomic E-state index is 0.0769. The van der Waals surface area contributed by atoms with Gasteiger partial charge in [-0.15, -0.1) is 0 Å². The van der Waals surface area contributed by atoms with Gasteiger partial charge >= 0.3 is 12.2 Å². The van der Waals surface area contributed by atoms with E-state index in [4.69, 9.17) is 18.9 Å². The topological polar surface area (TPSA) is 123 Å². The lowest BCUT2D eigenvalue weighted by Crippen LogP contribution is -2.42. The molecule has 1 saturated heterocycles. The van der Waals surface area contributed by atoms with Crippen LogP contribution in [0.2, 0.25) is 0 Å². The largest absolute Gasteiger partial charge is 0.492 e. The van der Waals surface area contributed by atoms with E-state index in [1.165, 1.54) is 12.1 Å². The number of carbonyl (C=O) groups excluding carboxylic acids is 2. The molecule has 0 radical (unpaired) electrons. The molecule has 2 amide bonds. The summed E-state index contributed by atoms with van der Waals surface area (Å²) in [5.41, 5.74) is 0.211. The number of carbonyl (C=O) groups is 2. The maximum atomic E-state index is 14.9. The highest BCUT2D eigenvalue weighted by molar-refractivity contribution is 5.88. The lowest BCUT2D eigenvalue weighted by molar-refractivity contribution is 0.0165. The molecule has 4 aromatic rings. The number of amides is 2. The summed E-state index contributed by atoms with van der Waals surface area (Å²) in [4.78, 5) is 30.6. The van der Waals surface area contributed by atoms with E-state index in [9.17, 15) is 19.2 Å². The zero-order valence-corrected chi connectivity index (χ0v) is 25.2. The molecule has 2 heterocycles. The van der Waals surface area contributed by atoms with E-state index in [2.05, 4.69) is 16.4 Å². The van der Waals surface area contributed by atoms with Crippen molar-refractivity contribution in [3.05, 3.63) is 84.3 Å². The number of likely N-dealkylation sites (tertiary alicyclic amines) is 1. The van der Waals surface area contributed by atoms with Crippen molar-refractivity contribution in [2.45, 2.75) is 39.2 Å². The average molecular weight is 613 g/mol. The number of rotatable bonds is 7. The lowest BCUT2D eigenvalue weighted by Gasteiger charge is -2.33. The van der Waals surface area contributed by atoms with Gasteiger partial charge in [0.15, 0.2) is 5.82 Å². The first-order valence-electron chi connectivity index (χ1n) is 14.5. The van der Waals surface area contributed by atoms with Gasteiger partial charge in [0.25, 0.3) is 0 Å². The van der Waals surface area contributed by atoms with E-state index in [0.717, 1.165) is 18.9 Å². The van der Waals surface area contributed by atoms with Crippen molar-refractivity contribution < 1.29 is 32.9 Å². The smallest absolute Gasteiger partial charge is 0.417 e. The summed E-state index contributed by atoms with van der Waals surface area (Å²) in [6, 6.07) is 19.5. The summed E-state index contributed by atoms with van der Waals surface area (Å²) in [5, 5.41) is 12.8. The Balaban J connectivity index is 1.22. The SMILES string of the molecule is CC(C)(C)OC(=O)N1CCC(COc2cc3nccc(Oc4ccc(NC(=O)Oc5ccccc5)c(F)c4)c3cc2C#N)CC1. The number of halogens is 1. The van der Waals surface area contributed by atoms with Gasteiger partial charge in [0.05, 0.1) is 23.4 Å². The van der Waals surface area contributed by atoms with Crippen LogP contribution in [0.1, 0.15) is 39.2 Å². The van der Waals surface area contributed by atoms with Crippen molar-refractivity contribution >= 4 is 28.8 Å². The third-order valence-electron chi connectivity index (χ3n) is 7.02. The first kappa shape index (κ1) is 31.1. The molecule has 0 unspecified atom stereocenters. The van der Waals surface area contributed by atoms with Crippen LogP contribution in [-0.4, -0.2) is 47.4 Å². The Morgan fingerprint density at radius 2 is 1.78 bits per heavy atom. The zero-order valence-electron chi connectivity index (χ0n) is 25.2. The second-order valence-electron chi connectivity index (χ2n) is 11.6. The average Bonchev–Trinajstić information content (AvgIpc) is 3.01. The number of pyridine rings is 1. The molecule has 0 aliphatic carbocycles. The number of anilines is 1. The molecule has 45 heavy (non-hydrogen) atoms. The molecule has 0 spiro atoms. The van der Waals surface area contributed by atoms with Gasteiger partial charge in [0.1, 0.15) is 34.7 Å². The summed E-state index contributed by atoms with van der Waals surface area (Å²) in [7, 11) is 0. The van der Waals surface area contributed by atoms with Gasteiger partial charge in [0, 0.05) is 36.8 Å². The molecule has 1 aliphatic heterocycles. The van der Waals surface area contributed by atoms with E-state index in [1.807, 2.05) is 20.8 Å². The Labute approximate surface area is 260 Å². The molecule has 10 nitrogen and oxygen atoms in total. The van der Waals surface area contributed by atoms with Crippen molar-refractivity contribution in [2.75, 3.05) is 25.0 Å². The number of nitriles is 1. The highest BCUT2D eigenvalue weighted by Gasteiger charge is 2.27. The molecule has 11 heteroatoms. The molecule has 1 N–H and O–H groups in total. The van der Waals surface area contributed by atoms with E-state index in [-0.39, 0.29) is 23.4 Å². The Hall–Kier alpha value is -5.37. The number of aromatic nitrogens is 1. The highest BCUT2D eigenvalue weighted by Crippen LogP contribution is 2.34. The second kappa shape index (κ2) is 13.5. The Morgan fingerprint density at radius 1 is 1.02 bits per heavy atom. The van der Waals surface area contributed by atoms with Gasteiger partial charge in [-0.25, -0.2) is 14.0 Å². The Kier molecular flexibility index (Phi) is 9.33. The number of fused-ring (bicyclic) bond motifs is 1. The van der Waals surface area contributed by atoms with Gasteiger partial charge in [-0.2, -0.15) is 5.26 Å². The number of piperidine rings is 1. The first-order chi connectivity index (χ1) is 21.6. The van der Waals surface area contributed by atoms with Crippen LogP contribution < -0.4 is 19.5 Å². The number of ether oxygens (including phenoxy) is 4. The molecule has 0 saturated carbocycles. The molecule has 1 aliphatic rings. The van der Waals surface area contributed by atoms with Crippen LogP contribution in [0.15, 0.2) is 72.9 Å². The van der Waals surface area contributed by atoms with Gasteiger partial charge in [-0.3, -0.25) is 10.3 Å². The van der Waals surface area contributed by atoms with Crippen LogP contribution in [0.3, 0.4) is 0 Å². The predicted octanol–water partition coefficient (Wildman–Crippen LogP) is 7.67. The van der Waals surface area contributed by atoms with Crippen molar-refractivity contribution in [3.63, 3.8) is 0 Å². The number of hydrogen-bond donors (Lipinski definition) is 1. The molecule has 3 aromatic carbocycles. The summed E-state index contributed by atoms with van der Waals surface area (Å²) in [6.45, 7) is 7.06. The summed E-state index contributed by atoms with van der Waals surface area (Å²) in [5.74, 6) is 0.751. The Morgan fingerprint density at radius 3 is 2.47 bits per heavy atom. The lowest BCUT2D eigenvalue weighted by atomic mass is 9.98. The van der Waals surface area contributed by atoms with E-state index in [0.29, 0.717) is 53.4 Å². The Bertz CT molecular complexity index is 1730. The van der Waals surface area contributed by atoms with E-state index in [1.54, 1.807) is 59.6 Å². The first-order valence-corrected chi connectivity index (χ1v) is 14.5. The quantitative estimate of drug-likeness (QED) is 0.226. The monoisotopic (exact) mass is 612 g/mol. The number of para-hydroxylation sites is 1. The number of hydrogen-bond acceptors (Lipinski definition) is 8. The molecular formula is C34H33FN4O6. The normalized spacial score (nSPS) is 13.5. The molecule has 0 bridgehead atoms. The van der Waals surface area contributed by atoms with Crippen molar-refractivity contribution in [2.24, 2.45) is 5.92 Å². The van der Waals surface area contributed by atoms with E-state index < -0.39 is 17.5 Å². The van der Waals surface area contributed by atoms with Crippen molar-refractivity contribution in [1.29, 1.82) is 5.26 Å². The van der Waals surface area contributed by atoms with Crippen LogP contribution in [0.5, 0.6) is 23.0 Å². The highest BCUT2D eigenvalue weighted by atomic mass is 19.1. The third kappa shape index (κ3) is 8.17. The summed E-state index contributed by atoms with van der Waals surface area (Å²) >= 11 is 0. The molecule has 1 aromatic heterocycles. The van der Waals surface area contributed by atoms with Gasteiger partial charge in [0.2, 0.25) is 0 Å². The number of nitrogens with zero attached hydrogens (tertiary/aromatic N) is 3.